The number of aldehydes is 1. The van der Waals surface area contributed by atoms with E-state index >= 15 is 0 Å². The highest BCUT2D eigenvalue weighted by Gasteiger charge is 2.48. The van der Waals surface area contributed by atoms with Gasteiger partial charge in [0.1, 0.15) is 29.4 Å². The standard InChI is InChI=1S/C24H22Cl2N6O.C23H30N4O5S/c1-14(22-18(25)8-27-9-19(22)26)33-16-3-4-20-17(6-16)23(31-30-20)15-2-5-21(29-7-15)32-12-24(13-32)10-28-11-24;1-26(18-7-8-19(29)25-22(18)31)23(32)21-15(14-28)4-2-5-17(21)24-11-3-6-20(30)27-12-9-16(33)10-13-27/h2-9,14,28H,10-13H2,1H3,(H,30,31);2,4-5,14,16,18,24,33H,3,6-13H2,1H3,(H,25,29,31)/t14-;/m1./s1. The lowest BCUT2D eigenvalue weighted by Gasteiger charge is -2.56. The molecule has 7 heterocycles. The molecule has 346 valence electrons. The molecule has 66 heavy (non-hydrogen) atoms. The zero-order chi connectivity index (χ0) is 46.5. The summed E-state index contributed by atoms with van der Waals surface area (Å²) in [4.78, 5) is 75.1. The van der Waals surface area contributed by atoms with E-state index in [0.717, 1.165) is 80.1 Å². The highest BCUT2D eigenvalue weighted by atomic mass is 35.5. The van der Waals surface area contributed by atoms with Gasteiger partial charge in [-0.3, -0.25) is 39.4 Å². The minimum atomic E-state index is -0.790. The number of fused-ring (bicyclic) bond motifs is 1. The zero-order valence-electron chi connectivity index (χ0n) is 36.7. The number of ether oxygens (including phenoxy) is 1. The number of piperidine rings is 2. The lowest BCUT2D eigenvalue weighted by Crippen LogP contribution is -2.71. The third kappa shape index (κ3) is 10.3. The Kier molecular flexibility index (Phi) is 14.5. The number of hydrogen-bond donors (Lipinski definition) is 5. The summed E-state index contributed by atoms with van der Waals surface area (Å²) in [7, 11) is 1.49. The summed E-state index contributed by atoms with van der Waals surface area (Å²) in [6.07, 6.45) is 8.42. The van der Waals surface area contributed by atoms with Gasteiger partial charge in [0.05, 0.1) is 21.1 Å². The van der Waals surface area contributed by atoms with Gasteiger partial charge in [-0.2, -0.15) is 17.7 Å². The summed E-state index contributed by atoms with van der Waals surface area (Å²) in [5.74, 6) is 0.442. The number of anilines is 2. The molecule has 9 rings (SSSR count). The molecule has 2 atom stereocenters. The molecule has 1 spiro atoms. The van der Waals surface area contributed by atoms with Crippen LogP contribution in [0, 0.1) is 5.41 Å². The smallest absolute Gasteiger partial charge is 0.257 e. The molecule has 2 aromatic carbocycles. The molecule has 0 saturated carbocycles. The minimum absolute atomic E-state index is 0.104. The lowest BCUT2D eigenvalue weighted by molar-refractivity contribution is -0.136. The Bertz CT molecular complexity index is 2590. The SMILES string of the molecule is CN(C(=O)c1c(C=O)cccc1NCCCC(=O)N1CCC(S)CC1)C1CCC(=O)NC1=O.C[C@@H](Oc1ccc2[nH]nc(-c3ccc(N4CC5(CNC5)C4)nc3)c2c1)c1c(Cl)cncc1Cl. The van der Waals surface area contributed by atoms with Crippen LogP contribution in [0.5, 0.6) is 5.75 Å². The maximum absolute atomic E-state index is 13.2. The molecule has 1 unspecified atom stereocenters. The van der Waals surface area contributed by atoms with Crippen LogP contribution in [0.3, 0.4) is 0 Å². The largest absolute Gasteiger partial charge is 0.486 e. The number of nitrogens with zero attached hydrogens (tertiary/aromatic N) is 6. The first kappa shape index (κ1) is 46.8. The highest BCUT2D eigenvalue weighted by Crippen LogP contribution is 2.38. The molecule has 4 amide bonds. The van der Waals surface area contributed by atoms with Gasteiger partial charge < -0.3 is 30.1 Å². The molecule has 4 fully saturated rings. The Hall–Kier alpha value is -5.75. The van der Waals surface area contributed by atoms with E-state index < -0.39 is 17.9 Å². The van der Waals surface area contributed by atoms with Crippen molar-refractivity contribution < 1.29 is 28.7 Å². The Morgan fingerprint density at radius 3 is 2.47 bits per heavy atom. The van der Waals surface area contributed by atoms with Gasteiger partial charge >= 0.3 is 0 Å². The maximum atomic E-state index is 13.2. The van der Waals surface area contributed by atoms with Crippen LogP contribution in [0.2, 0.25) is 10.0 Å². The summed E-state index contributed by atoms with van der Waals surface area (Å²) in [6, 6.07) is 14.1. The number of carbonyl (C=O) groups excluding carboxylic acids is 5. The first-order valence-electron chi connectivity index (χ1n) is 22.1. The average molecular weight is 956 g/mol. The number of H-pyrrole nitrogens is 1. The number of rotatable bonds is 13. The highest BCUT2D eigenvalue weighted by molar-refractivity contribution is 7.80. The molecule has 0 aliphatic carbocycles. The molecule has 16 nitrogen and oxygen atoms in total. The van der Waals surface area contributed by atoms with Crippen molar-refractivity contribution in [2.45, 2.75) is 62.8 Å². The summed E-state index contributed by atoms with van der Waals surface area (Å²) in [6.45, 7) is 8.19. The summed E-state index contributed by atoms with van der Waals surface area (Å²) in [5, 5.41) is 18.7. The number of imide groups is 1. The van der Waals surface area contributed by atoms with Crippen LogP contribution in [-0.2, 0) is 14.4 Å². The first-order chi connectivity index (χ1) is 31.8. The molecule has 4 aliphatic rings. The summed E-state index contributed by atoms with van der Waals surface area (Å²) in [5.41, 5.74) is 4.74. The van der Waals surface area contributed by atoms with E-state index in [1.165, 1.54) is 18.0 Å². The number of amides is 4. The average Bonchev–Trinajstić information content (AvgIpc) is 3.70. The Morgan fingerprint density at radius 2 is 1.80 bits per heavy atom. The molecule has 0 bridgehead atoms. The van der Waals surface area contributed by atoms with Gasteiger partial charge in [0.2, 0.25) is 17.7 Å². The number of likely N-dealkylation sites (N-methyl/N-ethyl adjacent to an activating group) is 1. The number of aromatic amines is 1. The van der Waals surface area contributed by atoms with Gasteiger partial charge in [0.25, 0.3) is 5.91 Å². The van der Waals surface area contributed by atoms with Crippen LogP contribution in [-0.4, -0.2) is 124 Å². The monoisotopic (exact) mass is 954 g/mol. The van der Waals surface area contributed by atoms with Crippen LogP contribution < -0.4 is 25.6 Å². The van der Waals surface area contributed by atoms with Gasteiger partial charge in [-0.1, -0.05) is 35.3 Å². The predicted octanol–water partition coefficient (Wildman–Crippen LogP) is 6.37. The van der Waals surface area contributed by atoms with Crippen molar-refractivity contribution in [3.05, 3.63) is 93.9 Å². The number of aromatic nitrogens is 4. The molecule has 19 heteroatoms. The van der Waals surface area contributed by atoms with Crippen molar-refractivity contribution in [1.82, 2.24) is 40.6 Å². The molecule has 4 N–H and O–H groups in total. The van der Waals surface area contributed by atoms with Crippen molar-refractivity contribution in [2.75, 3.05) is 63.1 Å². The van der Waals surface area contributed by atoms with E-state index in [1.54, 1.807) is 24.5 Å². The van der Waals surface area contributed by atoms with Crippen LogP contribution >= 0.6 is 35.8 Å². The molecule has 4 saturated heterocycles. The zero-order valence-corrected chi connectivity index (χ0v) is 39.1. The fourth-order valence-electron chi connectivity index (χ4n) is 8.86. The van der Waals surface area contributed by atoms with E-state index in [1.807, 2.05) is 36.2 Å². The third-order valence-electron chi connectivity index (χ3n) is 12.7. The maximum Gasteiger partial charge on any atom is 0.257 e. The normalized spacial score (nSPS) is 18.3. The lowest BCUT2D eigenvalue weighted by atomic mass is 9.74. The van der Waals surface area contributed by atoms with Gasteiger partial charge in [-0.25, -0.2) is 4.98 Å². The molecule has 3 aromatic heterocycles. The van der Waals surface area contributed by atoms with Gasteiger partial charge in [-0.15, -0.1) is 0 Å². The predicted molar refractivity (Wildman–Crippen MR) is 257 cm³/mol. The van der Waals surface area contributed by atoms with Crippen molar-refractivity contribution >= 4 is 88.2 Å². The fraction of sp³-hybridized carbons (Fsp3) is 0.404. The fourth-order valence-corrected chi connectivity index (χ4v) is 9.76. The van der Waals surface area contributed by atoms with Gasteiger partial charge in [-0.05, 0) is 69.0 Å². The molecule has 5 aromatic rings. The van der Waals surface area contributed by atoms with Gasteiger partial charge in [0.15, 0.2) is 6.29 Å². The molecule has 4 aliphatic heterocycles. The van der Waals surface area contributed by atoms with Crippen molar-refractivity contribution in [3.8, 4) is 17.0 Å². The summed E-state index contributed by atoms with van der Waals surface area (Å²) < 4.78 is 6.17. The number of thiol groups is 1. The second-order valence-corrected chi connectivity index (χ2v) is 18.9. The van der Waals surface area contributed by atoms with Crippen molar-refractivity contribution in [2.24, 2.45) is 5.41 Å². The van der Waals surface area contributed by atoms with E-state index in [4.69, 9.17) is 32.9 Å². The number of carbonyl (C=O) groups is 5. The number of hydrogen-bond acceptors (Lipinski definition) is 13. The molecule has 0 radical (unpaired) electrons. The quantitative estimate of drug-likeness (QED) is 0.0380. The Morgan fingerprint density at radius 1 is 1.05 bits per heavy atom. The number of pyridine rings is 2. The van der Waals surface area contributed by atoms with E-state index in [-0.39, 0.29) is 41.9 Å². The van der Waals surface area contributed by atoms with Crippen molar-refractivity contribution in [3.63, 3.8) is 0 Å². The number of nitrogens with one attached hydrogen (secondary N) is 4. The van der Waals surface area contributed by atoms with E-state index in [9.17, 15) is 24.0 Å². The topological polar surface area (TPSA) is 195 Å². The Labute approximate surface area is 397 Å². The minimum Gasteiger partial charge on any atom is -0.486 e. The van der Waals surface area contributed by atoms with Crippen LogP contribution in [0.15, 0.2) is 67.1 Å². The van der Waals surface area contributed by atoms with E-state index in [2.05, 4.69) is 60.8 Å². The first-order valence-corrected chi connectivity index (χ1v) is 23.3. The Balaban J connectivity index is 0.000000179. The number of halogens is 2. The van der Waals surface area contributed by atoms with Crippen LogP contribution in [0.25, 0.3) is 22.2 Å². The van der Waals surface area contributed by atoms with Crippen LogP contribution in [0.4, 0.5) is 11.5 Å². The van der Waals surface area contributed by atoms with Crippen molar-refractivity contribution in [1.29, 1.82) is 0 Å². The van der Waals surface area contributed by atoms with E-state index in [0.29, 0.717) is 63.4 Å². The number of benzene rings is 2. The molecular weight excluding hydrogens is 904 g/mol. The third-order valence-corrected chi connectivity index (χ3v) is 13.8. The van der Waals surface area contributed by atoms with Crippen LogP contribution in [0.1, 0.15) is 77.8 Å². The number of likely N-dealkylation sites (tertiary alicyclic amines) is 1. The van der Waals surface area contributed by atoms with Gasteiger partial charge in [0, 0.05) is 123 Å². The molecular formula is C47H52Cl2N10O6S. The second-order valence-electron chi connectivity index (χ2n) is 17.3. The second kappa shape index (κ2) is 20.4. The summed E-state index contributed by atoms with van der Waals surface area (Å²) >= 11 is 17.0.